The van der Waals surface area contributed by atoms with Crippen LogP contribution in [0.4, 0.5) is 0 Å². The molecule has 208 valence electrons. The number of hydrogen-bond donors (Lipinski definition) is 8. The molecular formula is C25H24O14. The van der Waals surface area contributed by atoms with Gasteiger partial charge in [-0.1, -0.05) is 0 Å². The quantitative estimate of drug-likeness (QED) is 0.107. The maximum atomic E-state index is 13.5. The molecule has 4 rings (SSSR count). The Morgan fingerprint density at radius 3 is 2.23 bits per heavy atom. The molecule has 1 fully saturated rings. The second-order valence-electron chi connectivity index (χ2n) is 8.92. The maximum Gasteiger partial charge on any atom is 0.317 e. The van der Waals surface area contributed by atoms with Crippen LogP contribution in [0.1, 0.15) is 12.0 Å². The summed E-state index contributed by atoms with van der Waals surface area (Å²) in [5.41, 5.74) is -1.19. The van der Waals surface area contributed by atoms with E-state index >= 15 is 0 Å². The molecule has 1 saturated heterocycles. The van der Waals surface area contributed by atoms with Gasteiger partial charge in [0.2, 0.25) is 0 Å². The number of aliphatic carboxylic acids is 1. The number of aliphatic hydroxyl groups excluding tert-OH is 3. The SMILES string of the molecule is O=C(O)CC(=O)OCC1OC(Cc2c(-c3ccc(O)c(O)c3)oc3cc(O)cc(O)c3c2=O)C(O)C(O)C1O. The van der Waals surface area contributed by atoms with E-state index in [1.54, 1.807) is 0 Å². The van der Waals surface area contributed by atoms with E-state index in [9.17, 15) is 50.1 Å². The highest BCUT2D eigenvalue weighted by molar-refractivity contribution is 5.90. The number of carbonyl (C=O) groups excluding carboxylic acids is 1. The van der Waals surface area contributed by atoms with Gasteiger partial charge < -0.3 is 54.7 Å². The molecular weight excluding hydrogens is 524 g/mol. The van der Waals surface area contributed by atoms with Crippen LogP contribution in [-0.4, -0.2) is 89.9 Å². The second kappa shape index (κ2) is 10.8. The van der Waals surface area contributed by atoms with Crippen molar-refractivity contribution in [2.45, 2.75) is 43.4 Å². The van der Waals surface area contributed by atoms with Gasteiger partial charge in [0.05, 0.1) is 6.10 Å². The van der Waals surface area contributed by atoms with Crippen molar-refractivity contribution in [1.29, 1.82) is 0 Å². The third kappa shape index (κ3) is 5.58. The lowest BCUT2D eigenvalue weighted by atomic mass is 9.90. The Balaban J connectivity index is 1.76. The van der Waals surface area contributed by atoms with Crippen LogP contribution in [0.15, 0.2) is 39.5 Å². The van der Waals surface area contributed by atoms with Gasteiger partial charge in [0.1, 0.15) is 65.7 Å². The number of carboxylic acid groups (broad SMARTS) is 1. The molecule has 1 aliphatic heterocycles. The summed E-state index contributed by atoms with van der Waals surface area (Å²) in [5, 5.41) is 79.5. The molecule has 1 aromatic heterocycles. The van der Waals surface area contributed by atoms with E-state index < -0.39 is 90.3 Å². The van der Waals surface area contributed by atoms with Crippen molar-refractivity contribution in [3.05, 3.63) is 46.1 Å². The molecule has 0 aliphatic carbocycles. The minimum Gasteiger partial charge on any atom is -0.508 e. The van der Waals surface area contributed by atoms with Crippen molar-refractivity contribution >= 4 is 22.9 Å². The molecule has 14 heteroatoms. The Hall–Kier alpha value is -4.37. The van der Waals surface area contributed by atoms with E-state index in [2.05, 4.69) is 0 Å². The number of hydrogen-bond acceptors (Lipinski definition) is 13. The molecule has 39 heavy (non-hydrogen) atoms. The molecule has 1 aliphatic rings. The first-order valence-corrected chi connectivity index (χ1v) is 11.5. The average Bonchev–Trinajstić information content (AvgIpc) is 2.85. The van der Waals surface area contributed by atoms with Gasteiger partial charge in [-0.25, -0.2) is 0 Å². The van der Waals surface area contributed by atoms with E-state index in [0.717, 1.165) is 24.3 Å². The number of aliphatic hydroxyl groups is 3. The number of phenolic OH excluding ortho intramolecular Hbond substituents is 4. The fourth-order valence-corrected chi connectivity index (χ4v) is 4.29. The Morgan fingerprint density at radius 1 is 0.872 bits per heavy atom. The van der Waals surface area contributed by atoms with Crippen molar-refractivity contribution < 1.29 is 64.3 Å². The average molecular weight is 548 g/mol. The Labute approximate surface area is 218 Å². The lowest BCUT2D eigenvalue weighted by molar-refractivity contribution is -0.231. The molecule has 0 saturated carbocycles. The van der Waals surface area contributed by atoms with Crippen LogP contribution in [0.3, 0.4) is 0 Å². The predicted molar refractivity (Wildman–Crippen MR) is 128 cm³/mol. The summed E-state index contributed by atoms with van der Waals surface area (Å²) in [6.07, 6.45) is -9.65. The van der Waals surface area contributed by atoms with Gasteiger partial charge in [0, 0.05) is 29.7 Å². The van der Waals surface area contributed by atoms with Gasteiger partial charge in [-0.3, -0.25) is 14.4 Å². The summed E-state index contributed by atoms with van der Waals surface area (Å²) in [6.45, 7) is -0.682. The number of phenols is 4. The predicted octanol–water partition coefficient (Wildman–Crippen LogP) is -0.307. The third-order valence-electron chi connectivity index (χ3n) is 6.21. The molecule has 8 N–H and O–H groups in total. The molecule has 0 spiro atoms. The number of esters is 1. The van der Waals surface area contributed by atoms with Gasteiger partial charge in [-0.2, -0.15) is 0 Å². The normalized spacial score (nSPS) is 23.0. The van der Waals surface area contributed by atoms with Crippen molar-refractivity contribution in [1.82, 2.24) is 0 Å². The highest BCUT2D eigenvalue weighted by Crippen LogP contribution is 2.37. The number of carbonyl (C=O) groups is 2. The number of fused-ring (bicyclic) bond motifs is 1. The summed E-state index contributed by atoms with van der Waals surface area (Å²) in [7, 11) is 0. The number of ether oxygens (including phenoxy) is 2. The van der Waals surface area contributed by atoms with E-state index in [-0.39, 0.29) is 27.9 Å². The Bertz CT molecular complexity index is 1480. The van der Waals surface area contributed by atoms with E-state index in [1.165, 1.54) is 6.07 Å². The summed E-state index contributed by atoms with van der Waals surface area (Å²) in [5.74, 6) is -4.86. The Kier molecular flexibility index (Phi) is 7.65. The summed E-state index contributed by atoms with van der Waals surface area (Å²) >= 11 is 0. The fourth-order valence-electron chi connectivity index (χ4n) is 4.29. The first-order chi connectivity index (χ1) is 18.4. The third-order valence-corrected chi connectivity index (χ3v) is 6.21. The number of aromatic hydroxyl groups is 4. The first-order valence-electron chi connectivity index (χ1n) is 11.5. The molecule has 0 amide bonds. The first kappa shape index (κ1) is 27.7. The molecule has 2 aromatic carbocycles. The van der Waals surface area contributed by atoms with Crippen molar-refractivity contribution in [2.24, 2.45) is 0 Å². The zero-order valence-corrected chi connectivity index (χ0v) is 19.9. The molecule has 0 bridgehead atoms. The molecule has 3 aromatic rings. The van der Waals surface area contributed by atoms with Crippen LogP contribution < -0.4 is 5.43 Å². The zero-order valence-electron chi connectivity index (χ0n) is 19.9. The molecule has 5 unspecified atom stereocenters. The van der Waals surface area contributed by atoms with Crippen molar-refractivity contribution in [2.75, 3.05) is 6.61 Å². The number of rotatable bonds is 7. The van der Waals surface area contributed by atoms with E-state index in [1.807, 2.05) is 0 Å². The number of benzene rings is 2. The summed E-state index contributed by atoms with van der Waals surface area (Å²) in [6, 6.07) is 5.46. The topological polar surface area (TPSA) is 245 Å². The smallest absolute Gasteiger partial charge is 0.317 e. The van der Waals surface area contributed by atoms with Crippen molar-refractivity contribution in [3.8, 4) is 34.3 Å². The monoisotopic (exact) mass is 548 g/mol. The van der Waals surface area contributed by atoms with Crippen LogP contribution in [0.25, 0.3) is 22.3 Å². The van der Waals surface area contributed by atoms with E-state index in [0.29, 0.717) is 0 Å². The van der Waals surface area contributed by atoms with Crippen LogP contribution in [0.5, 0.6) is 23.0 Å². The standard InChI is InChI=1S/C25H24O14/c26-10-4-14(29)20-15(5-10)39-25(9-1-2-12(27)13(28)3-9)11(21(20)33)6-16-22(34)24(36)23(35)17(38-16)8-37-19(32)7-18(30)31/h1-5,16-17,22-24,26-29,34-36H,6-8H2,(H,30,31). The lowest BCUT2D eigenvalue weighted by Crippen LogP contribution is -2.59. The lowest BCUT2D eigenvalue weighted by Gasteiger charge is -2.40. The zero-order chi connectivity index (χ0) is 28.6. The molecule has 14 nitrogen and oxygen atoms in total. The fraction of sp³-hybridized carbons (Fsp3) is 0.320. The largest absolute Gasteiger partial charge is 0.508 e. The van der Waals surface area contributed by atoms with Crippen LogP contribution in [-0.2, 0) is 25.5 Å². The van der Waals surface area contributed by atoms with Gasteiger partial charge in [-0.05, 0) is 18.2 Å². The van der Waals surface area contributed by atoms with Crippen LogP contribution in [0.2, 0.25) is 0 Å². The van der Waals surface area contributed by atoms with Gasteiger partial charge in [0.15, 0.2) is 16.9 Å². The summed E-state index contributed by atoms with van der Waals surface area (Å²) < 4.78 is 16.2. The van der Waals surface area contributed by atoms with Gasteiger partial charge in [0.25, 0.3) is 0 Å². The minimum atomic E-state index is -1.83. The summed E-state index contributed by atoms with van der Waals surface area (Å²) in [4.78, 5) is 35.8. The Morgan fingerprint density at radius 2 is 1.56 bits per heavy atom. The second-order valence-corrected chi connectivity index (χ2v) is 8.92. The van der Waals surface area contributed by atoms with Crippen LogP contribution >= 0.6 is 0 Å². The maximum absolute atomic E-state index is 13.5. The minimum absolute atomic E-state index is 0.0761. The molecule has 5 atom stereocenters. The highest BCUT2D eigenvalue weighted by Gasteiger charge is 2.44. The van der Waals surface area contributed by atoms with Gasteiger partial charge in [-0.15, -0.1) is 0 Å². The van der Waals surface area contributed by atoms with E-state index in [4.69, 9.17) is 19.0 Å². The van der Waals surface area contributed by atoms with Gasteiger partial charge >= 0.3 is 11.9 Å². The van der Waals surface area contributed by atoms with Crippen LogP contribution in [0, 0.1) is 0 Å². The molecule has 2 heterocycles. The molecule has 0 radical (unpaired) electrons. The number of carboxylic acids is 1. The van der Waals surface area contributed by atoms with Crippen molar-refractivity contribution in [3.63, 3.8) is 0 Å². The highest BCUT2D eigenvalue weighted by atomic mass is 16.6.